The fourth-order valence-electron chi connectivity index (χ4n) is 2.29. The molecule has 2 aromatic carbocycles. The maximum absolute atomic E-state index is 13.5. The highest BCUT2D eigenvalue weighted by atomic mass is 35.5. The average Bonchev–Trinajstić information content (AvgIpc) is 2.82. The molecule has 3 rings (SSSR count). The minimum absolute atomic E-state index is 0.141. The highest BCUT2D eigenvalue weighted by Gasteiger charge is 2.34. The zero-order chi connectivity index (χ0) is 15.9. The van der Waals surface area contributed by atoms with Gasteiger partial charge in [-0.1, -0.05) is 29.3 Å². The number of hydrogen-bond donors (Lipinski definition) is 0. The van der Waals surface area contributed by atoms with Gasteiger partial charge in [0.1, 0.15) is 5.37 Å². The third-order valence-corrected chi connectivity index (χ3v) is 4.87. The van der Waals surface area contributed by atoms with Crippen LogP contribution in [-0.2, 0) is 4.79 Å². The number of anilines is 1. The van der Waals surface area contributed by atoms with Crippen LogP contribution in [-0.4, -0.2) is 11.7 Å². The molecule has 2 nitrogen and oxygen atoms in total. The first-order valence-electron chi connectivity index (χ1n) is 6.30. The Balaban J connectivity index is 2.03. The van der Waals surface area contributed by atoms with E-state index in [0.29, 0.717) is 21.3 Å². The first-order chi connectivity index (χ1) is 10.5. The molecule has 2 aromatic rings. The van der Waals surface area contributed by atoms with Crippen LogP contribution in [0.2, 0.25) is 10.0 Å². The van der Waals surface area contributed by atoms with Gasteiger partial charge in [-0.25, -0.2) is 8.78 Å². The summed E-state index contributed by atoms with van der Waals surface area (Å²) in [7, 11) is 0. The van der Waals surface area contributed by atoms with Crippen LogP contribution in [0.25, 0.3) is 0 Å². The highest BCUT2D eigenvalue weighted by molar-refractivity contribution is 8.00. The summed E-state index contributed by atoms with van der Waals surface area (Å²) in [5.74, 6) is -1.76. The van der Waals surface area contributed by atoms with Crippen LogP contribution in [0.4, 0.5) is 14.5 Å². The normalized spacial score (nSPS) is 18.1. The second kappa shape index (κ2) is 6.07. The van der Waals surface area contributed by atoms with E-state index in [1.807, 2.05) is 0 Å². The smallest absolute Gasteiger partial charge is 0.238 e. The second-order valence-electron chi connectivity index (χ2n) is 4.73. The van der Waals surface area contributed by atoms with Crippen molar-refractivity contribution in [2.24, 2.45) is 0 Å². The van der Waals surface area contributed by atoms with E-state index in [9.17, 15) is 13.6 Å². The number of benzene rings is 2. The quantitative estimate of drug-likeness (QED) is 0.747. The number of hydrogen-bond acceptors (Lipinski definition) is 2. The van der Waals surface area contributed by atoms with Crippen molar-refractivity contribution < 1.29 is 13.6 Å². The maximum atomic E-state index is 13.5. The second-order valence-corrected chi connectivity index (χ2v) is 6.67. The topological polar surface area (TPSA) is 20.3 Å². The van der Waals surface area contributed by atoms with Gasteiger partial charge >= 0.3 is 0 Å². The zero-order valence-corrected chi connectivity index (χ0v) is 13.4. The summed E-state index contributed by atoms with van der Waals surface area (Å²) in [5, 5.41) is 0.351. The van der Waals surface area contributed by atoms with Gasteiger partial charge in [-0.05, 0) is 35.9 Å². The van der Waals surface area contributed by atoms with Gasteiger partial charge in [0.15, 0.2) is 11.6 Å². The molecule has 1 heterocycles. The summed E-state index contributed by atoms with van der Waals surface area (Å²) in [4.78, 5) is 13.7. The molecule has 0 bridgehead atoms. The van der Waals surface area contributed by atoms with Crippen LogP contribution in [0.1, 0.15) is 10.9 Å². The Bertz CT molecular complexity index is 736. The summed E-state index contributed by atoms with van der Waals surface area (Å²) in [6.45, 7) is 0. The van der Waals surface area contributed by atoms with E-state index in [-0.39, 0.29) is 11.7 Å². The van der Waals surface area contributed by atoms with Gasteiger partial charge in [0.2, 0.25) is 5.91 Å². The van der Waals surface area contributed by atoms with Crippen LogP contribution in [0.15, 0.2) is 36.4 Å². The van der Waals surface area contributed by atoms with Crippen molar-refractivity contribution in [3.8, 4) is 0 Å². The number of amides is 1. The van der Waals surface area contributed by atoms with Gasteiger partial charge in [-0.3, -0.25) is 9.69 Å². The number of carbonyl (C=O) groups is 1. The Morgan fingerprint density at radius 3 is 2.36 bits per heavy atom. The summed E-state index contributed by atoms with van der Waals surface area (Å²) in [5.41, 5.74) is 1.04. The SMILES string of the molecule is O=C1CSC(c2ccc(F)c(F)c2)N1c1cc(Cl)cc(Cl)c1. The third-order valence-electron chi connectivity index (χ3n) is 3.22. The third kappa shape index (κ3) is 2.93. The number of nitrogens with zero attached hydrogens (tertiary/aromatic N) is 1. The number of halogens is 4. The van der Waals surface area contributed by atoms with E-state index < -0.39 is 17.0 Å². The van der Waals surface area contributed by atoms with E-state index in [2.05, 4.69) is 0 Å². The fraction of sp³-hybridized carbons (Fsp3) is 0.133. The minimum atomic E-state index is -0.943. The molecule has 1 unspecified atom stereocenters. The van der Waals surface area contributed by atoms with Crippen LogP contribution in [0.3, 0.4) is 0 Å². The van der Waals surface area contributed by atoms with Crippen molar-refractivity contribution in [1.29, 1.82) is 0 Å². The Morgan fingerprint density at radius 1 is 1.05 bits per heavy atom. The molecule has 0 saturated carbocycles. The molecule has 1 atom stereocenters. The van der Waals surface area contributed by atoms with Crippen LogP contribution in [0.5, 0.6) is 0 Å². The molecule has 0 aromatic heterocycles. The minimum Gasteiger partial charge on any atom is -0.295 e. The van der Waals surface area contributed by atoms with Gasteiger partial charge < -0.3 is 0 Å². The molecule has 0 spiro atoms. The number of rotatable bonds is 2. The Hall–Kier alpha value is -1.30. The summed E-state index contributed by atoms with van der Waals surface area (Å²) in [6.07, 6.45) is 0. The summed E-state index contributed by atoms with van der Waals surface area (Å²) < 4.78 is 26.5. The first kappa shape index (κ1) is 15.6. The molecule has 0 radical (unpaired) electrons. The molecule has 1 fully saturated rings. The van der Waals surface area contributed by atoms with Gasteiger partial charge in [0.25, 0.3) is 0 Å². The molecule has 1 aliphatic rings. The molecule has 1 amide bonds. The molecule has 1 aliphatic heterocycles. The number of carbonyl (C=O) groups excluding carboxylic acids is 1. The largest absolute Gasteiger partial charge is 0.295 e. The molecular formula is C15H9Cl2F2NOS. The molecular weight excluding hydrogens is 351 g/mol. The summed E-state index contributed by atoms with van der Waals surface area (Å²) in [6, 6.07) is 8.41. The van der Waals surface area contributed by atoms with Crippen molar-refractivity contribution in [2.45, 2.75) is 5.37 Å². The van der Waals surface area contributed by atoms with E-state index in [0.717, 1.165) is 12.1 Å². The fourth-order valence-corrected chi connectivity index (χ4v) is 3.98. The standard InChI is InChI=1S/C15H9Cl2F2NOS/c16-9-4-10(17)6-11(5-9)20-14(21)7-22-15(20)8-1-2-12(18)13(19)3-8/h1-6,15H,7H2. The lowest BCUT2D eigenvalue weighted by Crippen LogP contribution is -2.27. The lowest BCUT2D eigenvalue weighted by Gasteiger charge is -2.24. The Labute approximate surface area is 140 Å². The molecule has 7 heteroatoms. The van der Waals surface area contributed by atoms with Gasteiger partial charge in [-0.2, -0.15) is 0 Å². The van der Waals surface area contributed by atoms with Crippen molar-refractivity contribution in [3.63, 3.8) is 0 Å². The molecule has 0 N–H and O–H groups in total. The van der Waals surface area contributed by atoms with Gasteiger partial charge in [-0.15, -0.1) is 11.8 Å². The van der Waals surface area contributed by atoms with Crippen LogP contribution < -0.4 is 4.90 Å². The molecule has 22 heavy (non-hydrogen) atoms. The van der Waals surface area contributed by atoms with Gasteiger partial charge in [0, 0.05) is 15.7 Å². The summed E-state index contributed by atoms with van der Waals surface area (Å²) >= 11 is 13.3. The van der Waals surface area contributed by atoms with Crippen molar-refractivity contribution >= 4 is 46.6 Å². The number of thioether (sulfide) groups is 1. The van der Waals surface area contributed by atoms with Gasteiger partial charge in [0.05, 0.1) is 5.75 Å². The Morgan fingerprint density at radius 2 is 1.73 bits per heavy atom. The monoisotopic (exact) mass is 359 g/mol. The lowest BCUT2D eigenvalue weighted by molar-refractivity contribution is -0.115. The predicted molar refractivity (Wildman–Crippen MR) is 85.5 cm³/mol. The zero-order valence-electron chi connectivity index (χ0n) is 11.0. The Kier molecular flexibility index (Phi) is 4.30. The van der Waals surface area contributed by atoms with E-state index in [4.69, 9.17) is 23.2 Å². The van der Waals surface area contributed by atoms with Crippen molar-refractivity contribution in [3.05, 3.63) is 63.6 Å². The molecule has 0 aliphatic carbocycles. The van der Waals surface area contributed by atoms with E-state index >= 15 is 0 Å². The average molecular weight is 360 g/mol. The molecule has 1 saturated heterocycles. The first-order valence-corrected chi connectivity index (χ1v) is 8.11. The van der Waals surface area contributed by atoms with Crippen LogP contribution in [0, 0.1) is 11.6 Å². The maximum Gasteiger partial charge on any atom is 0.238 e. The highest BCUT2D eigenvalue weighted by Crippen LogP contribution is 2.43. The van der Waals surface area contributed by atoms with Crippen molar-refractivity contribution in [2.75, 3.05) is 10.7 Å². The van der Waals surface area contributed by atoms with Crippen LogP contribution >= 0.6 is 35.0 Å². The molecule has 114 valence electrons. The lowest BCUT2D eigenvalue weighted by atomic mass is 10.1. The van der Waals surface area contributed by atoms with Crippen molar-refractivity contribution in [1.82, 2.24) is 0 Å². The predicted octanol–water partition coefficient (Wildman–Crippen LogP) is 5.05. The van der Waals surface area contributed by atoms with E-state index in [1.165, 1.54) is 22.7 Å². The van der Waals surface area contributed by atoms with E-state index in [1.54, 1.807) is 18.2 Å².